The number of benzene rings is 2. The number of aromatic nitrogens is 1. The molecular formula is C15H12N2O. The number of nitrogens with two attached hydrogens (primary N) is 1. The van der Waals surface area contributed by atoms with E-state index in [9.17, 15) is 0 Å². The van der Waals surface area contributed by atoms with Gasteiger partial charge in [-0.2, -0.15) is 0 Å². The molecule has 2 aromatic carbocycles. The van der Waals surface area contributed by atoms with Crippen LogP contribution in [0.2, 0.25) is 0 Å². The van der Waals surface area contributed by atoms with Crippen LogP contribution in [0.3, 0.4) is 0 Å². The van der Waals surface area contributed by atoms with Crippen molar-refractivity contribution in [2.75, 3.05) is 5.73 Å². The lowest BCUT2D eigenvalue weighted by atomic mass is 10.2. The minimum Gasteiger partial charge on any atom is -0.436 e. The van der Waals surface area contributed by atoms with E-state index < -0.39 is 0 Å². The molecule has 1 aromatic heterocycles. The summed E-state index contributed by atoms with van der Waals surface area (Å²) in [6.45, 7) is 0. The maximum Gasteiger partial charge on any atom is 0.227 e. The van der Waals surface area contributed by atoms with Crippen molar-refractivity contribution in [3.8, 4) is 11.6 Å². The zero-order valence-electron chi connectivity index (χ0n) is 9.71. The molecule has 0 aliphatic heterocycles. The van der Waals surface area contributed by atoms with Gasteiger partial charge in [-0.1, -0.05) is 30.3 Å². The summed E-state index contributed by atoms with van der Waals surface area (Å²) < 4.78 is 5.79. The second-order valence-corrected chi connectivity index (χ2v) is 3.98. The van der Waals surface area contributed by atoms with E-state index in [0.717, 1.165) is 10.8 Å². The number of hydrogen-bond donors (Lipinski definition) is 1. The van der Waals surface area contributed by atoms with Gasteiger partial charge in [0.1, 0.15) is 0 Å². The lowest BCUT2D eigenvalue weighted by Gasteiger charge is -2.09. The molecule has 0 bridgehead atoms. The molecule has 3 aromatic rings. The van der Waals surface area contributed by atoms with Crippen LogP contribution in [-0.2, 0) is 0 Å². The average molecular weight is 236 g/mol. The van der Waals surface area contributed by atoms with Crippen LogP contribution >= 0.6 is 0 Å². The van der Waals surface area contributed by atoms with Crippen LogP contribution in [-0.4, -0.2) is 4.98 Å². The second-order valence-electron chi connectivity index (χ2n) is 3.98. The number of ether oxygens (including phenoxy) is 1. The highest BCUT2D eigenvalue weighted by Gasteiger charge is 2.06. The predicted molar refractivity (Wildman–Crippen MR) is 72.7 cm³/mol. The number of rotatable bonds is 2. The van der Waals surface area contributed by atoms with Crippen molar-refractivity contribution >= 4 is 16.5 Å². The first-order valence-corrected chi connectivity index (χ1v) is 5.71. The fraction of sp³-hybridized carbons (Fsp3) is 0. The lowest BCUT2D eigenvalue weighted by molar-refractivity contribution is 0.471. The quantitative estimate of drug-likeness (QED) is 0.691. The molecule has 18 heavy (non-hydrogen) atoms. The van der Waals surface area contributed by atoms with Gasteiger partial charge in [0.05, 0.1) is 5.69 Å². The fourth-order valence-corrected chi connectivity index (χ4v) is 1.85. The largest absolute Gasteiger partial charge is 0.436 e. The number of para-hydroxylation sites is 2. The van der Waals surface area contributed by atoms with Gasteiger partial charge in [-0.05, 0) is 29.7 Å². The van der Waals surface area contributed by atoms with Gasteiger partial charge in [-0.25, -0.2) is 4.98 Å². The highest BCUT2D eigenvalue weighted by molar-refractivity contribution is 5.86. The number of hydrogen-bond acceptors (Lipinski definition) is 3. The Morgan fingerprint density at radius 1 is 0.889 bits per heavy atom. The van der Waals surface area contributed by atoms with Crippen molar-refractivity contribution in [2.24, 2.45) is 0 Å². The Labute approximate surface area is 105 Å². The maximum absolute atomic E-state index is 5.86. The van der Waals surface area contributed by atoms with Crippen molar-refractivity contribution < 1.29 is 4.74 Å². The Bertz CT molecular complexity index is 689. The zero-order chi connectivity index (χ0) is 12.4. The SMILES string of the molecule is Nc1ccccc1Oc1nccc2ccccc12. The van der Waals surface area contributed by atoms with Crippen LogP contribution < -0.4 is 10.5 Å². The summed E-state index contributed by atoms with van der Waals surface area (Å²) in [4.78, 5) is 4.27. The molecule has 0 fully saturated rings. The Morgan fingerprint density at radius 3 is 2.56 bits per heavy atom. The molecule has 1 heterocycles. The monoisotopic (exact) mass is 236 g/mol. The molecule has 0 radical (unpaired) electrons. The Kier molecular flexibility index (Phi) is 2.57. The van der Waals surface area contributed by atoms with Gasteiger partial charge in [0.15, 0.2) is 5.75 Å². The van der Waals surface area contributed by atoms with Gasteiger partial charge in [0.25, 0.3) is 0 Å². The number of pyridine rings is 1. The van der Waals surface area contributed by atoms with E-state index in [1.54, 1.807) is 12.3 Å². The standard InChI is InChI=1S/C15H12N2O/c16-13-7-3-4-8-14(13)18-15-12-6-2-1-5-11(12)9-10-17-15/h1-10H,16H2. The molecule has 0 unspecified atom stereocenters. The third-order valence-corrected chi connectivity index (χ3v) is 2.76. The Morgan fingerprint density at radius 2 is 1.67 bits per heavy atom. The van der Waals surface area contributed by atoms with Crippen LogP contribution in [0.1, 0.15) is 0 Å². The molecule has 2 N–H and O–H groups in total. The third-order valence-electron chi connectivity index (χ3n) is 2.76. The molecule has 0 amide bonds. The summed E-state index contributed by atoms with van der Waals surface area (Å²) >= 11 is 0. The van der Waals surface area contributed by atoms with Crippen LogP contribution in [0.4, 0.5) is 5.69 Å². The molecule has 0 spiro atoms. The highest BCUT2D eigenvalue weighted by atomic mass is 16.5. The van der Waals surface area contributed by atoms with Crippen molar-refractivity contribution in [3.63, 3.8) is 0 Å². The molecule has 3 rings (SSSR count). The maximum atomic E-state index is 5.86. The van der Waals surface area contributed by atoms with Crippen molar-refractivity contribution in [1.82, 2.24) is 4.98 Å². The minimum absolute atomic E-state index is 0.575. The van der Waals surface area contributed by atoms with Gasteiger partial charge in [0.2, 0.25) is 5.88 Å². The lowest BCUT2D eigenvalue weighted by Crippen LogP contribution is -1.93. The summed E-state index contributed by atoms with van der Waals surface area (Å²) in [7, 11) is 0. The summed E-state index contributed by atoms with van der Waals surface area (Å²) in [6, 6.07) is 17.3. The van der Waals surface area contributed by atoms with E-state index in [4.69, 9.17) is 10.5 Å². The molecule has 0 saturated carbocycles. The average Bonchev–Trinajstić information content (AvgIpc) is 2.42. The van der Waals surface area contributed by atoms with Crippen molar-refractivity contribution in [3.05, 3.63) is 60.8 Å². The Hall–Kier alpha value is -2.55. The van der Waals surface area contributed by atoms with E-state index in [2.05, 4.69) is 4.98 Å². The predicted octanol–water partition coefficient (Wildman–Crippen LogP) is 3.61. The smallest absolute Gasteiger partial charge is 0.227 e. The first kappa shape index (κ1) is 10.6. The molecule has 0 atom stereocenters. The normalized spacial score (nSPS) is 10.4. The topological polar surface area (TPSA) is 48.1 Å². The van der Waals surface area contributed by atoms with E-state index in [1.165, 1.54) is 0 Å². The van der Waals surface area contributed by atoms with Gasteiger partial charge < -0.3 is 10.5 Å². The highest BCUT2D eigenvalue weighted by Crippen LogP contribution is 2.30. The minimum atomic E-state index is 0.575. The van der Waals surface area contributed by atoms with Crippen molar-refractivity contribution in [2.45, 2.75) is 0 Å². The summed E-state index contributed by atoms with van der Waals surface area (Å²) in [5.74, 6) is 1.20. The van der Waals surface area contributed by atoms with Crippen LogP contribution in [0.15, 0.2) is 60.8 Å². The molecular weight excluding hydrogens is 224 g/mol. The Balaban J connectivity index is 2.08. The number of nitrogen functional groups attached to an aromatic ring is 1. The number of nitrogens with zero attached hydrogens (tertiary/aromatic N) is 1. The first-order valence-electron chi connectivity index (χ1n) is 5.71. The first-order chi connectivity index (χ1) is 8.84. The van der Waals surface area contributed by atoms with Gasteiger partial charge in [-0.15, -0.1) is 0 Å². The summed E-state index contributed by atoms with van der Waals surface area (Å²) in [6.07, 6.45) is 1.73. The van der Waals surface area contributed by atoms with Crippen LogP contribution in [0.25, 0.3) is 10.8 Å². The summed E-state index contributed by atoms with van der Waals surface area (Å²) in [5.41, 5.74) is 6.46. The van der Waals surface area contributed by atoms with Gasteiger partial charge in [0, 0.05) is 11.6 Å². The second kappa shape index (κ2) is 4.37. The molecule has 0 saturated heterocycles. The van der Waals surface area contributed by atoms with E-state index in [1.807, 2.05) is 48.5 Å². The number of fused-ring (bicyclic) bond motifs is 1. The number of anilines is 1. The fourth-order valence-electron chi connectivity index (χ4n) is 1.85. The third kappa shape index (κ3) is 1.86. The van der Waals surface area contributed by atoms with Gasteiger partial charge >= 0.3 is 0 Å². The van der Waals surface area contributed by atoms with Crippen molar-refractivity contribution in [1.29, 1.82) is 0 Å². The van der Waals surface area contributed by atoms with Crippen LogP contribution in [0.5, 0.6) is 11.6 Å². The molecule has 3 heteroatoms. The van der Waals surface area contributed by atoms with E-state index >= 15 is 0 Å². The van der Waals surface area contributed by atoms with Crippen LogP contribution in [0, 0.1) is 0 Å². The molecule has 0 aliphatic rings. The summed E-state index contributed by atoms with van der Waals surface area (Å²) in [5, 5.41) is 2.07. The zero-order valence-corrected chi connectivity index (χ0v) is 9.71. The van der Waals surface area contributed by atoms with E-state index in [0.29, 0.717) is 17.3 Å². The molecule has 0 aliphatic carbocycles. The van der Waals surface area contributed by atoms with E-state index in [-0.39, 0.29) is 0 Å². The van der Waals surface area contributed by atoms with Gasteiger partial charge in [-0.3, -0.25) is 0 Å². The molecule has 88 valence electrons. The molecule has 3 nitrogen and oxygen atoms in total.